The van der Waals surface area contributed by atoms with Crippen LogP contribution in [0, 0.1) is 0 Å². The number of aliphatic hydroxyl groups excluding tert-OH is 1. The van der Waals surface area contributed by atoms with E-state index >= 15 is 0 Å². The number of hydrogen-bond donors (Lipinski definition) is 2. The first-order valence-electron chi connectivity index (χ1n) is 13.5. The molecule has 0 radical (unpaired) electrons. The van der Waals surface area contributed by atoms with Gasteiger partial charge in [0.25, 0.3) is 5.82 Å². The Hall–Kier alpha value is -0.830. The van der Waals surface area contributed by atoms with Crippen molar-refractivity contribution in [1.82, 2.24) is 4.98 Å². The standard InChI is InChI=1S/C27H52N2O/c1-2-3-4-5-6-7-8-9-10-11-12-13-14-15-16-17-18-19-20-21-24-29-25-23-28-27(29)22-26-30/h23,25,30H,2-22,24,26H2,1H3/p+1. The van der Waals surface area contributed by atoms with E-state index in [1.807, 2.05) is 6.20 Å². The first-order chi connectivity index (χ1) is 14.9. The van der Waals surface area contributed by atoms with Crippen LogP contribution < -0.4 is 4.57 Å². The largest absolute Gasteiger partial charge is 0.396 e. The van der Waals surface area contributed by atoms with Gasteiger partial charge in [0.1, 0.15) is 12.4 Å². The van der Waals surface area contributed by atoms with Crippen LogP contribution in [-0.4, -0.2) is 16.7 Å². The number of rotatable bonds is 23. The first kappa shape index (κ1) is 27.2. The van der Waals surface area contributed by atoms with Crippen molar-refractivity contribution in [2.75, 3.05) is 6.61 Å². The summed E-state index contributed by atoms with van der Waals surface area (Å²) in [4.78, 5) is 3.22. The van der Waals surface area contributed by atoms with Crippen LogP contribution in [0.2, 0.25) is 0 Å². The number of H-pyrrole nitrogens is 1. The van der Waals surface area contributed by atoms with E-state index in [0.717, 1.165) is 18.8 Å². The topological polar surface area (TPSA) is 39.9 Å². The summed E-state index contributed by atoms with van der Waals surface area (Å²) in [6.07, 6.45) is 33.4. The van der Waals surface area contributed by atoms with Crippen molar-refractivity contribution in [3.8, 4) is 0 Å². The van der Waals surface area contributed by atoms with Crippen molar-refractivity contribution in [3.05, 3.63) is 18.2 Å². The number of aromatic amines is 1. The molecule has 1 aromatic rings. The summed E-state index contributed by atoms with van der Waals surface area (Å²) in [5, 5.41) is 9.07. The molecule has 0 saturated carbocycles. The van der Waals surface area contributed by atoms with Gasteiger partial charge in [-0.25, -0.2) is 9.55 Å². The molecular formula is C27H53N2O+. The highest BCUT2D eigenvalue weighted by molar-refractivity contribution is 4.76. The first-order valence-corrected chi connectivity index (χ1v) is 13.5. The Kier molecular flexibility index (Phi) is 19.4. The lowest BCUT2D eigenvalue weighted by molar-refractivity contribution is -0.703. The fourth-order valence-corrected chi connectivity index (χ4v) is 4.46. The van der Waals surface area contributed by atoms with Crippen LogP contribution in [0.4, 0.5) is 0 Å². The minimum absolute atomic E-state index is 0.222. The van der Waals surface area contributed by atoms with Crippen LogP contribution in [0.1, 0.15) is 141 Å². The maximum Gasteiger partial charge on any atom is 0.256 e. The van der Waals surface area contributed by atoms with Gasteiger partial charge in [0, 0.05) is 0 Å². The van der Waals surface area contributed by atoms with Gasteiger partial charge in [-0.05, 0) is 12.8 Å². The zero-order chi connectivity index (χ0) is 21.5. The third-order valence-corrected chi connectivity index (χ3v) is 6.45. The van der Waals surface area contributed by atoms with Crippen LogP contribution in [0.5, 0.6) is 0 Å². The molecule has 1 heterocycles. The summed E-state index contributed by atoms with van der Waals surface area (Å²) >= 11 is 0. The number of unbranched alkanes of at least 4 members (excludes halogenated alkanes) is 19. The summed E-state index contributed by atoms with van der Waals surface area (Å²) < 4.78 is 2.25. The molecule has 0 aliphatic rings. The van der Waals surface area contributed by atoms with E-state index < -0.39 is 0 Å². The van der Waals surface area contributed by atoms with Gasteiger partial charge in [0.05, 0.1) is 19.6 Å². The summed E-state index contributed by atoms with van der Waals surface area (Å²) in [5.74, 6) is 1.15. The van der Waals surface area contributed by atoms with Gasteiger partial charge in [-0.1, -0.05) is 122 Å². The number of aromatic nitrogens is 2. The molecule has 0 aliphatic carbocycles. The van der Waals surface area contributed by atoms with Crippen LogP contribution in [-0.2, 0) is 13.0 Å². The Labute approximate surface area is 188 Å². The third-order valence-electron chi connectivity index (χ3n) is 6.45. The molecule has 0 aliphatic heterocycles. The second-order valence-electron chi connectivity index (χ2n) is 9.29. The fraction of sp³-hybridized carbons (Fsp3) is 0.889. The normalized spacial score (nSPS) is 11.4. The Bertz CT molecular complexity index is 457. The van der Waals surface area contributed by atoms with Gasteiger partial charge in [-0.2, -0.15) is 0 Å². The molecule has 0 bridgehead atoms. The highest BCUT2D eigenvalue weighted by Crippen LogP contribution is 2.14. The van der Waals surface area contributed by atoms with Crippen molar-refractivity contribution in [2.45, 2.75) is 148 Å². The molecule has 1 rings (SSSR count). The van der Waals surface area contributed by atoms with Crippen LogP contribution in [0.25, 0.3) is 0 Å². The molecule has 0 aromatic carbocycles. The van der Waals surface area contributed by atoms with E-state index in [1.54, 1.807) is 0 Å². The molecule has 0 atom stereocenters. The molecule has 176 valence electrons. The predicted octanol–water partition coefficient (Wildman–Crippen LogP) is 7.66. The van der Waals surface area contributed by atoms with E-state index in [-0.39, 0.29) is 6.61 Å². The Balaban J connectivity index is 1.72. The molecule has 3 nitrogen and oxygen atoms in total. The average Bonchev–Trinajstić information content (AvgIpc) is 3.19. The van der Waals surface area contributed by atoms with Crippen molar-refractivity contribution in [2.24, 2.45) is 0 Å². The number of nitrogens with one attached hydrogen (secondary N) is 1. The average molecular weight is 422 g/mol. The lowest BCUT2D eigenvalue weighted by atomic mass is 10.0. The molecule has 1 aromatic heterocycles. The summed E-state index contributed by atoms with van der Waals surface area (Å²) in [6.45, 7) is 3.60. The van der Waals surface area contributed by atoms with Crippen molar-refractivity contribution < 1.29 is 9.67 Å². The third kappa shape index (κ3) is 15.9. The summed E-state index contributed by atoms with van der Waals surface area (Å²) in [6, 6.07) is 0. The van der Waals surface area contributed by atoms with E-state index in [4.69, 9.17) is 5.11 Å². The second-order valence-corrected chi connectivity index (χ2v) is 9.29. The molecule has 0 amide bonds. The maximum absolute atomic E-state index is 9.07. The number of hydrogen-bond acceptors (Lipinski definition) is 1. The quantitative estimate of drug-likeness (QED) is 0.138. The Morgan fingerprint density at radius 2 is 1.03 bits per heavy atom. The Morgan fingerprint density at radius 3 is 1.43 bits per heavy atom. The fourth-order valence-electron chi connectivity index (χ4n) is 4.46. The van der Waals surface area contributed by atoms with E-state index in [0.29, 0.717) is 0 Å². The van der Waals surface area contributed by atoms with Gasteiger partial charge in [-0.3, -0.25) is 0 Å². The van der Waals surface area contributed by atoms with Crippen LogP contribution in [0.3, 0.4) is 0 Å². The van der Waals surface area contributed by atoms with E-state index in [2.05, 4.69) is 22.7 Å². The predicted molar refractivity (Wildman–Crippen MR) is 130 cm³/mol. The molecule has 30 heavy (non-hydrogen) atoms. The number of imidazole rings is 1. The van der Waals surface area contributed by atoms with Gasteiger partial charge in [0.15, 0.2) is 0 Å². The highest BCUT2D eigenvalue weighted by atomic mass is 16.3. The van der Waals surface area contributed by atoms with Crippen molar-refractivity contribution >= 4 is 0 Å². The highest BCUT2D eigenvalue weighted by Gasteiger charge is 2.08. The van der Waals surface area contributed by atoms with Crippen LogP contribution in [0.15, 0.2) is 12.4 Å². The monoisotopic (exact) mass is 421 g/mol. The number of aryl methyl sites for hydroxylation is 1. The Morgan fingerprint density at radius 1 is 0.633 bits per heavy atom. The molecule has 0 fully saturated rings. The molecular weight excluding hydrogens is 368 g/mol. The maximum atomic E-state index is 9.07. The van der Waals surface area contributed by atoms with Gasteiger partial charge < -0.3 is 5.11 Å². The lowest BCUT2D eigenvalue weighted by Gasteiger charge is -2.04. The minimum atomic E-state index is 0.222. The van der Waals surface area contributed by atoms with Crippen molar-refractivity contribution in [1.29, 1.82) is 0 Å². The molecule has 0 saturated heterocycles. The SMILES string of the molecule is CCCCCCCCCCCCCCCCCCCCCC[n+]1cc[nH]c1CCO. The van der Waals surface area contributed by atoms with Gasteiger partial charge >= 0.3 is 0 Å². The van der Waals surface area contributed by atoms with Gasteiger partial charge in [-0.15, -0.1) is 0 Å². The van der Waals surface area contributed by atoms with E-state index in [9.17, 15) is 0 Å². The number of aliphatic hydroxyl groups is 1. The van der Waals surface area contributed by atoms with Crippen LogP contribution >= 0.6 is 0 Å². The zero-order valence-corrected chi connectivity index (χ0v) is 20.3. The lowest BCUT2D eigenvalue weighted by Crippen LogP contribution is -2.36. The molecule has 0 spiro atoms. The molecule has 0 unspecified atom stereocenters. The second kappa shape index (κ2) is 21.4. The minimum Gasteiger partial charge on any atom is -0.396 e. The van der Waals surface area contributed by atoms with Crippen molar-refractivity contribution in [3.63, 3.8) is 0 Å². The molecule has 3 heteroatoms. The summed E-state index contributed by atoms with van der Waals surface area (Å²) in [7, 11) is 0. The van der Waals surface area contributed by atoms with Gasteiger partial charge in [0.2, 0.25) is 0 Å². The molecule has 2 N–H and O–H groups in total. The summed E-state index contributed by atoms with van der Waals surface area (Å²) in [5.41, 5.74) is 0. The zero-order valence-electron chi connectivity index (χ0n) is 20.3. The number of nitrogens with zero attached hydrogens (tertiary/aromatic N) is 1. The smallest absolute Gasteiger partial charge is 0.256 e. The van der Waals surface area contributed by atoms with E-state index in [1.165, 1.54) is 128 Å².